The van der Waals surface area contributed by atoms with Gasteiger partial charge < -0.3 is 10.1 Å². The number of rotatable bonds is 8. The second kappa shape index (κ2) is 7.61. The van der Waals surface area contributed by atoms with Crippen LogP contribution in [0.1, 0.15) is 52.4 Å². The van der Waals surface area contributed by atoms with E-state index in [4.69, 9.17) is 4.74 Å². The van der Waals surface area contributed by atoms with Crippen LogP contribution in [-0.4, -0.2) is 50.3 Å². The maximum Gasteiger partial charge on any atom is 0.0600 e. The maximum atomic E-state index is 6.00. The van der Waals surface area contributed by atoms with Crippen LogP contribution in [0, 0.1) is 5.41 Å². The number of ether oxygens (including phenoxy) is 1. The highest BCUT2D eigenvalue weighted by Gasteiger charge is 2.40. The standard InChI is InChI=1S/C16H32N2O/c1-3-7-16(8-4-2)13-18(14-16)11-12-19-15-5-9-17-10-6-15/h15,17H,3-14H2,1-2H3. The van der Waals surface area contributed by atoms with Crippen LogP contribution < -0.4 is 5.32 Å². The quantitative estimate of drug-likeness (QED) is 0.732. The van der Waals surface area contributed by atoms with Gasteiger partial charge >= 0.3 is 0 Å². The van der Waals surface area contributed by atoms with Crippen molar-refractivity contribution in [1.82, 2.24) is 10.2 Å². The summed E-state index contributed by atoms with van der Waals surface area (Å²) in [6, 6.07) is 0. The summed E-state index contributed by atoms with van der Waals surface area (Å²) in [5.41, 5.74) is 0.651. The van der Waals surface area contributed by atoms with Crippen LogP contribution in [0.3, 0.4) is 0 Å². The van der Waals surface area contributed by atoms with Crippen LogP contribution in [0.5, 0.6) is 0 Å². The third kappa shape index (κ3) is 4.44. The number of nitrogens with zero attached hydrogens (tertiary/aromatic N) is 1. The highest BCUT2D eigenvalue weighted by molar-refractivity contribution is 4.94. The van der Waals surface area contributed by atoms with Gasteiger partial charge in [0.25, 0.3) is 0 Å². The van der Waals surface area contributed by atoms with Crippen molar-refractivity contribution in [3.63, 3.8) is 0 Å². The summed E-state index contributed by atoms with van der Waals surface area (Å²) in [6.07, 6.45) is 8.38. The zero-order valence-electron chi connectivity index (χ0n) is 12.9. The van der Waals surface area contributed by atoms with E-state index >= 15 is 0 Å². The molecule has 0 bridgehead atoms. The van der Waals surface area contributed by atoms with E-state index in [0.29, 0.717) is 11.5 Å². The Hall–Kier alpha value is -0.120. The summed E-state index contributed by atoms with van der Waals surface area (Å²) >= 11 is 0. The molecule has 0 atom stereocenters. The number of nitrogens with one attached hydrogen (secondary N) is 1. The van der Waals surface area contributed by atoms with E-state index < -0.39 is 0 Å². The molecule has 3 nitrogen and oxygen atoms in total. The Morgan fingerprint density at radius 2 is 1.74 bits per heavy atom. The van der Waals surface area contributed by atoms with E-state index in [1.807, 2.05) is 0 Å². The minimum Gasteiger partial charge on any atom is -0.377 e. The fourth-order valence-electron chi connectivity index (χ4n) is 3.87. The molecular weight excluding hydrogens is 236 g/mol. The lowest BCUT2D eigenvalue weighted by Crippen LogP contribution is -2.57. The zero-order chi connectivity index (χ0) is 13.6. The summed E-state index contributed by atoms with van der Waals surface area (Å²) in [5, 5.41) is 3.38. The topological polar surface area (TPSA) is 24.5 Å². The van der Waals surface area contributed by atoms with Crippen molar-refractivity contribution in [2.75, 3.05) is 39.3 Å². The van der Waals surface area contributed by atoms with E-state index in [0.717, 1.165) is 26.2 Å². The summed E-state index contributed by atoms with van der Waals surface area (Å²) < 4.78 is 6.00. The summed E-state index contributed by atoms with van der Waals surface area (Å²) in [6.45, 7) is 11.6. The Bertz CT molecular complexity index is 237. The van der Waals surface area contributed by atoms with E-state index in [9.17, 15) is 0 Å². The molecule has 0 aromatic rings. The fraction of sp³-hybridized carbons (Fsp3) is 1.00. The second-order valence-corrected chi connectivity index (χ2v) is 6.53. The van der Waals surface area contributed by atoms with Gasteiger partial charge in [-0.05, 0) is 44.2 Å². The molecule has 0 amide bonds. The molecule has 3 heteroatoms. The minimum absolute atomic E-state index is 0.513. The molecule has 2 saturated heterocycles. The number of piperidine rings is 1. The molecule has 2 heterocycles. The normalized spacial score (nSPS) is 24.3. The van der Waals surface area contributed by atoms with Crippen molar-refractivity contribution in [2.45, 2.75) is 58.5 Å². The molecule has 2 fully saturated rings. The van der Waals surface area contributed by atoms with Gasteiger partial charge in [-0.1, -0.05) is 26.7 Å². The van der Waals surface area contributed by atoms with Gasteiger partial charge in [0.2, 0.25) is 0 Å². The van der Waals surface area contributed by atoms with Crippen molar-refractivity contribution < 1.29 is 4.74 Å². The molecule has 112 valence electrons. The van der Waals surface area contributed by atoms with Crippen molar-refractivity contribution in [2.24, 2.45) is 5.41 Å². The second-order valence-electron chi connectivity index (χ2n) is 6.53. The van der Waals surface area contributed by atoms with Gasteiger partial charge in [-0.25, -0.2) is 0 Å². The first-order valence-electron chi connectivity index (χ1n) is 8.33. The first-order valence-corrected chi connectivity index (χ1v) is 8.33. The first kappa shape index (κ1) is 15.3. The van der Waals surface area contributed by atoms with Gasteiger partial charge in [-0.15, -0.1) is 0 Å². The van der Waals surface area contributed by atoms with E-state index in [2.05, 4.69) is 24.1 Å². The molecule has 19 heavy (non-hydrogen) atoms. The average molecular weight is 268 g/mol. The zero-order valence-corrected chi connectivity index (χ0v) is 12.9. The van der Waals surface area contributed by atoms with Crippen molar-refractivity contribution in [3.05, 3.63) is 0 Å². The molecule has 1 N–H and O–H groups in total. The molecular formula is C16H32N2O. The predicted molar refractivity (Wildman–Crippen MR) is 80.5 cm³/mol. The smallest absolute Gasteiger partial charge is 0.0600 e. The SMILES string of the molecule is CCCC1(CCC)CN(CCOC2CCNCC2)C1. The molecule has 0 unspecified atom stereocenters. The lowest BCUT2D eigenvalue weighted by Gasteiger charge is -2.51. The molecule has 2 rings (SSSR count). The Balaban J connectivity index is 1.58. The summed E-state index contributed by atoms with van der Waals surface area (Å²) in [5.74, 6) is 0. The van der Waals surface area contributed by atoms with Crippen molar-refractivity contribution >= 4 is 0 Å². The lowest BCUT2D eigenvalue weighted by atomic mass is 9.73. The monoisotopic (exact) mass is 268 g/mol. The van der Waals surface area contributed by atoms with Crippen LogP contribution >= 0.6 is 0 Å². The van der Waals surface area contributed by atoms with Gasteiger partial charge in [0, 0.05) is 19.6 Å². The van der Waals surface area contributed by atoms with Crippen LogP contribution in [0.4, 0.5) is 0 Å². The maximum absolute atomic E-state index is 6.00. The molecule has 0 radical (unpaired) electrons. The van der Waals surface area contributed by atoms with Crippen molar-refractivity contribution in [1.29, 1.82) is 0 Å². The fourth-order valence-corrected chi connectivity index (χ4v) is 3.87. The van der Waals surface area contributed by atoms with E-state index in [1.165, 1.54) is 51.6 Å². The molecule has 0 saturated carbocycles. The van der Waals surface area contributed by atoms with Crippen LogP contribution in [-0.2, 0) is 4.74 Å². The minimum atomic E-state index is 0.513. The Labute approximate surface area is 119 Å². The number of hydrogen-bond acceptors (Lipinski definition) is 3. The Morgan fingerprint density at radius 3 is 2.32 bits per heavy atom. The average Bonchev–Trinajstić information content (AvgIpc) is 2.38. The predicted octanol–water partition coefficient (Wildman–Crippen LogP) is 2.66. The van der Waals surface area contributed by atoms with Crippen LogP contribution in [0.15, 0.2) is 0 Å². The van der Waals surface area contributed by atoms with Gasteiger partial charge in [0.05, 0.1) is 12.7 Å². The van der Waals surface area contributed by atoms with Gasteiger partial charge in [0.1, 0.15) is 0 Å². The van der Waals surface area contributed by atoms with Crippen molar-refractivity contribution in [3.8, 4) is 0 Å². The van der Waals surface area contributed by atoms with Crippen LogP contribution in [0.25, 0.3) is 0 Å². The summed E-state index contributed by atoms with van der Waals surface area (Å²) in [7, 11) is 0. The highest BCUT2D eigenvalue weighted by atomic mass is 16.5. The Kier molecular flexibility index (Phi) is 6.11. The third-order valence-electron chi connectivity index (χ3n) is 4.73. The molecule has 2 aliphatic rings. The largest absolute Gasteiger partial charge is 0.377 e. The highest BCUT2D eigenvalue weighted by Crippen LogP contribution is 2.39. The Morgan fingerprint density at radius 1 is 1.11 bits per heavy atom. The van der Waals surface area contributed by atoms with Gasteiger partial charge in [-0.2, -0.15) is 0 Å². The van der Waals surface area contributed by atoms with Crippen LogP contribution in [0.2, 0.25) is 0 Å². The van der Waals surface area contributed by atoms with Gasteiger partial charge in [-0.3, -0.25) is 4.90 Å². The number of likely N-dealkylation sites (tertiary alicyclic amines) is 1. The third-order valence-corrected chi connectivity index (χ3v) is 4.73. The summed E-state index contributed by atoms with van der Waals surface area (Å²) in [4.78, 5) is 2.59. The molecule has 2 aliphatic heterocycles. The lowest BCUT2D eigenvalue weighted by molar-refractivity contribution is -0.0456. The number of hydrogen-bond donors (Lipinski definition) is 1. The van der Waals surface area contributed by atoms with Gasteiger partial charge in [0.15, 0.2) is 0 Å². The molecule has 0 aromatic carbocycles. The first-order chi connectivity index (χ1) is 9.28. The molecule has 0 aromatic heterocycles. The molecule has 0 spiro atoms. The van der Waals surface area contributed by atoms with E-state index in [-0.39, 0.29) is 0 Å². The molecule has 0 aliphatic carbocycles. The van der Waals surface area contributed by atoms with E-state index in [1.54, 1.807) is 0 Å².